The van der Waals surface area contributed by atoms with Gasteiger partial charge in [-0.15, -0.1) is 5.10 Å². The number of benzene rings is 1. The fraction of sp³-hybridized carbons (Fsp3) is 0.286. The van der Waals surface area contributed by atoms with Gasteiger partial charge in [0.1, 0.15) is 5.75 Å². The van der Waals surface area contributed by atoms with Gasteiger partial charge in [-0.3, -0.25) is 15.2 Å². The number of amides is 3. The summed E-state index contributed by atoms with van der Waals surface area (Å²) < 4.78 is 5.10. The van der Waals surface area contributed by atoms with Gasteiger partial charge in [-0.05, 0) is 31.2 Å². The van der Waals surface area contributed by atoms with Crippen LogP contribution in [0.1, 0.15) is 6.92 Å². The summed E-state index contributed by atoms with van der Waals surface area (Å²) >= 11 is 1.14. The highest BCUT2D eigenvalue weighted by molar-refractivity contribution is 7.99. The molecular formula is C14H17N5O3S. The molecule has 2 rings (SSSR count). The van der Waals surface area contributed by atoms with E-state index in [1.807, 2.05) is 24.3 Å². The van der Waals surface area contributed by atoms with Crippen LogP contribution in [0.5, 0.6) is 5.75 Å². The number of nitrogens with one attached hydrogen (secondary N) is 3. The maximum absolute atomic E-state index is 11.6. The number of H-pyrrole nitrogens is 1. The van der Waals surface area contributed by atoms with E-state index >= 15 is 0 Å². The smallest absolute Gasteiger partial charge is 0.321 e. The molecule has 0 radical (unpaired) electrons. The lowest BCUT2D eigenvalue weighted by atomic mass is 10.2. The van der Waals surface area contributed by atoms with Crippen molar-refractivity contribution < 1.29 is 14.3 Å². The summed E-state index contributed by atoms with van der Waals surface area (Å²) in [5.41, 5.74) is 0.858. The van der Waals surface area contributed by atoms with Crippen molar-refractivity contribution >= 4 is 23.7 Å². The zero-order chi connectivity index (χ0) is 16.7. The molecule has 0 saturated heterocycles. The van der Waals surface area contributed by atoms with E-state index in [4.69, 9.17) is 4.74 Å². The number of carbonyl (C=O) groups is 2. The second-order valence-electron chi connectivity index (χ2n) is 4.39. The molecule has 1 heterocycles. The minimum atomic E-state index is -0.507. The van der Waals surface area contributed by atoms with E-state index in [0.29, 0.717) is 17.5 Å². The summed E-state index contributed by atoms with van der Waals surface area (Å²) in [5, 5.41) is 12.0. The molecule has 0 saturated carbocycles. The number of thioether (sulfide) groups is 1. The molecule has 9 heteroatoms. The Hall–Kier alpha value is -2.55. The third-order valence-corrected chi connectivity index (χ3v) is 3.60. The van der Waals surface area contributed by atoms with Crippen molar-refractivity contribution in [2.24, 2.45) is 0 Å². The van der Waals surface area contributed by atoms with Crippen molar-refractivity contribution in [3.05, 3.63) is 24.3 Å². The molecule has 23 heavy (non-hydrogen) atoms. The van der Waals surface area contributed by atoms with E-state index in [9.17, 15) is 9.59 Å². The molecule has 122 valence electrons. The number of methoxy groups -OCH3 is 1. The molecule has 1 aromatic heterocycles. The normalized spacial score (nSPS) is 10.2. The fourth-order valence-electron chi connectivity index (χ4n) is 1.69. The number of ether oxygens (including phenoxy) is 1. The van der Waals surface area contributed by atoms with Crippen molar-refractivity contribution in [3.8, 4) is 17.1 Å². The molecule has 0 bridgehead atoms. The first-order valence-corrected chi connectivity index (χ1v) is 7.88. The largest absolute Gasteiger partial charge is 0.497 e. The van der Waals surface area contributed by atoms with Crippen LogP contribution in [-0.2, 0) is 4.79 Å². The van der Waals surface area contributed by atoms with Crippen LogP contribution in [0.25, 0.3) is 11.4 Å². The summed E-state index contributed by atoms with van der Waals surface area (Å²) in [6, 6.07) is 6.85. The zero-order valence-corrected chi connectivity index (χ0v) is 13.6. The number of aromatic amines is 1. The summed E-state index contributed by atoms with van der Waals surface area (Å²) in [7, 11) is 1.60. The third-order valence-electron chi connectivity index (χ3n) is 2.75. The quantitative estimate of drug-likeness (QED) is 0.689. The highest BCUT2D eigenvalue weighted by Crippen LogP contribution is 2.21. The molecule has 0 fully saturated rings. The molecule has 0 aliphatic carbocycles. The predicted molar refractivity (Wildman–Crippen MR) is 86.3 cm³/mol. The van der Waals surface area contributed by atoms with Crippen LogP contribution in [0, 0.1) is 0 Å². The highest BCUT2D eigenvalue weighted by atomic mass is 32.2. The van der Waals surface area contributed by atoms with Crippen molar-refractivity contribution in [2.75, 3.05) is 19.4 Å². The maximum Gasteiger partial charge on any atom is 0.321 e. The number of rotatable bonds is 6. The lowest BCUT2D eigenvalue weighted by molar-refractivity contribution is -0.117. The highest BCUT2D eigenvalue weighted by Gasteiger charge is 2.11. The Kier molecular flexibility index (Phi) is 5.98. The molecule has 0 unspecified atom stereocenters. The average molecular weight is 335 g/mol. The van der Waals surface area contributed by atoms with Gasteiger partial charge in [0.25, 0.3) is 0 Å². The Balaban J connectivity index is 1.89. The molecule has 0 atom stereocenters. The van der Waals surface area contributed by atoms with Gasteiger partial charge in [-0.25, -0.2) is 9.78 Å². The van der Waals surface area contributed by atoms with E-state index in [-0.39, 0.29) is 5.75 Å². The standard InChI is InChI=1S/C14H17N5O3S/c1-3-15-13(21)16-11(20)8-23-14-17-12(18-19-14)9-4-6-10(22-2)7-5-9/h4-7H,3,8H2,1-2H3,(H,17,18,19)(H2,15,16,20,21). The zero-order valence-electron chi connectivity index (χ0n) is 12.8. The van der Waals surface area contributed by atoms with Gasteiger partial charge in [0.2, 0.25) is 11.1 Å². The van der Waals surface area contributed by atoms with Crippen molar-refractivity contribution in [1.82, 2.24) is 25.8 Å². The minimum absolute atomic E-state index is 0.0526. The average Bonchev–Trinajstić information content (AvgIpc) is 3.02. The van der Waals surface area contributed by atoms with E-state index in [0.717, 1.165) is 23.1 Å². The Morgan fingerprint density at radius 2 is 2.04 bits per heavy atom. The van der Waals surface area contributed by atoms with Crippen LogP contribution in [0.2, 0.25) is 0 Å². The predicted octanol–water partition coefficient (Wildman–Crippen LogP) is 1.42. The fourth-order valence-corrected chi connectivity index (χ4v) is 2.28. The van der Waals surface area contributed by atoms with Crippen LogP contribution in [-0.4, -0.2) is 46.5 Å². The van der Waals surface area contributed by atoms with E-state index < -0.39 is 11.9 Å². The van der Waals surface area contributed by atoms with Gasteiger partial charge in [0.15, 0.2) is 5.82 Å². The number of hydrogen-bond acceptors (Lipinski definition) is 6. The van der Waals surface area contributed by atoms with Gasteiger partial charge >= 0.3 is 6.03 Å². The minimum Gasteiger partial charge on any atom is -0.497 e. The number of hydrogen-bond donors (Lipinski definition) is 3. The van der Waals surface area contributed by atoms with E-state index in [1.165, 1.54) is 0 Å². The molecule has 1 aromatic carbocycles. The molecule has 3 N–H and O–H groups in total. The molecule has 0 aliphatic rings. The lowest BCUT2D eigenvalue weighted by Crippen LogP contribution is -2.40. The van der Waals surface area contributed by atoms with Crippen molar-refractivity contribution in [3.63, 3.8) is 0 Å². The van der Waals surface area contributed by atoms with E-state index in [2.05, 4.69) is 25.8 Å². The number of carbonyl (C=O) groups excluding carboxylic acids is 2. The summed E-state index contributed by atoms with van der Waals surface area (Å²) in [6.45, 7) is 2.23. The summed E-state index contributed by atoms with van der Waals surface area (Å²) in [5.74, 6) is 0.998. The van der Waals surface area contributed by atoms with Gasteiger partial charge < -0.3 is 10.1 Å². The van der Waals surface area contributed by atoms with Crippen molar-refractivity contribution in [1.29, 1.82) is 0 Å². The number of urea groups is 1. The summed E-state index contributed by atoms with van der Waals surface area (Å²) in [4.78, 5) is 27.1. The van der Waals surface area contributed by atoms with Crippen LogP contribution >= 0.6 is 11.8 Å². The SMILES string of the molecule is CCNC(=O)NC(=O)CSc1n[nH]c(-c2ccc(OC)cc2)n1. The lowest BCUT2D eigenvalue weighted by Gasteiger charge is -2.02. The van der Waals surface area contributed by atoms with Crippen LogP contribution < -0.4 is 15.4 Å². The van der Waals surface area contributed by atoms with Gasteiger partial charge in [-0.2, -0.15) is 0 Å². The Morgan fingerprint density at radius 3 is 2.70 bits per heavy atom. The molecule has 0 aliphatic heterocycles. The van der Waals surface area contributed by atoms with Crippen molar-refractivity contribution in [2.45, 2.75) is 12.1 Å². The molecule has 2 aromatic rings. The van der Waals surface area contributed by atoms with Gasteiger partial charge in [-0.1, -0.05) is 11.8 Å². The second-order valence-corrected chi connectivity index (χ2v) is 5.33. The Morgan fingerprint density at radius 1 is 1.30 bits per heavy atom. The van der Waals surface area contributed by atoms with Crippen LogP contribution in [0.4, 0.5) is 4.79 Å². The third kappa shape index (κ3) is 4.99. The first-order chi connectivity index (χ1) is 11.1. The monoisotopic (exact) mass is 335 g/mol. The van der Waals surface area contributed by atoms with E-state index in [1.54, 1.807) is 14.0 Å². The molecule has 0 spiro atoms. The second kappa shape index (κ2) is 8.18. The summed E-state index contributed by atoms with van der Waals surface area (Å²) in [6.07, 6.45) is 0. The number of aromatic nitrogens is 3. The van der Waals surface area contributed by atoms with Gasteiger partial charge in [0.05, 0.1) is 12.9 Å². The molecular weight excluding hydrogens is 318 g/mol. The van der Waals surface area contributed by atoms with Crippen LogP contribution in [0.3, 0.4) is 0 Å². The number of imide groups is 1. The molecule has 8 nitrogen and oxygen atoms in total. The Labute approximate surface area is 137 Å². The molecule has 3 amide bonds. The maximum atomic E-state index is 11.6. The Bertz CT molecular complexity index is 671. The van der Waals surface area contributed by atoms with Crippen LogP contribution in [0.15, 0.2) is 29.4 Å². The number of nitrogens with zero attached hydrogens (tertiary/aromatic N) is 2. The van der Waals surface area contributed by atoms with Gasteiger partial charge in [0, 0.05) is 12.1 Å². The first-order valence-electron chi connectivity index (χ1n) is 6.89. The topological polar surface area (TPSA) is 109 Å². The first kappa shape index (κ1) is 16.8.